The summed E-state index contributed by atoms with van der Waals surface area (Å²) in [5.41, 5.74) is -0.0764. The van der Waals surface area contributed by atoms with Gasteiger partial charge in [-0.05, 0) is 17.7 Å². The van der Waals surface area contributed by atoms with E-state index in [1.54, 1.807) is 11.9 Å². The van der Waals surface area contributed by atoms with Crippen LogP contribution >= 0.6 is 11.3 Å². The molecule has 0 saturated heterocycles. The molecule has 0 saturated carbocycles. The van der Waals surface area contributed by atoms with Gasteiger partial charge in [0, 0.05) is 13.6 Å². The molecule has 0 aliphatic heterocycles. The fourth-order valence-electron chi connectivity index (χ4n) is 1.70. The largest absolute Gasteiger partial charge is 0.416 e. The number of anilines is 1. The monoisotopic (exact) mass is 351 g/mol. The standard InChI is InChI=1S/C12H12F3N3O2S2/c1-18(11-17-6-10(21-11)22(16,19)20)7-8-2-4-9(5-3-8)12(13,14)15/h2-6H,7H2,1H3,(H2,16,19,20). The minimum Gasteiger partial charge on any atom is -0.347 e. The number of sulfonamides is 1. The smallest absolute Gasteiger partial charge is 0.347 e. The molecule has 120 valence electrons. The Morgan fingerprint density at radius 3 is 2.32 bits per heavy atom. The van der Waals surface area contributed by atoms with E-state index in [1.807, 2.05) is 0 Å². The number of hydrogen-bond donors (Lipinski definition) is 1. The van der Waals surface area contributed by atoms with Gasteiger partial charge in [0.1, 0.15) is 0 Å². The maximum absolute atomic E-state index is 12.5. The average Bonchev–Trinajstić information content (AvgIpc) is 2.87. The number of rotatable bonds is 4. The van der Waals surface area contributed by atoms with Crippen LogP contribution in [-0.2, 0) is 22.7 Å². The van der Waals surface area contributed by atoms with Gasteiger partial charge in [0.05, 0.1) is 11.8 Å². The van der Waals surface area contributed by atoms with Crippen LogP contribution in [0.15, 0.2) is 34.7 Å². The molecule has 2 N–H and O–H groups in total. The molecular weight excluding hydrogens is 339 g/mol. The van der Waals surface area contributed by atoms with Crippen molar-refractivity contribution >= 4 is 26.5 Å². The van der Waals surface area contributed by atoms with E-state index in [9.17, 15) is 21.6 Å². The van der Waals surface area contributed by atoms with Crippen LogP contribution in [0.2, 0.25) is 0 Å². The molecule has 10 heteroatoms. The molecular formula is C12H12F3N3O2S2. The van der Waals surface area contributed by atoms with Gasteiger partial charge in [-0.1, -0.05) is 23.5 Å². The molecule has 0 aliphatic carbocycles. The SMILES string of the molecule is CN(Cc1ccc(C(F)(F)F)cc1)c1ncc(S(N)(=O)=O)s1. The summed E-state index contributed by atoms with van der Waals surface area (Å²) < 4.78 is 59.7. The lowest BCUT2D eigenvalue weighted by atomic mass is 10.1. The van der Waals surface area contributed by atoms with Crippen molar-refractivity contribution in [2.24, 2.45) is 5.14 Å². The van der Waals surface area contributed by atoms with Crippen LogP contribution < -0.4 is 10.0 Å². The lowest BCUT2D eigenvalue weighted by Gasteiger charge is -2.16. The second-order valence-electron chi connectivity index (χ2n) is 4.56. The molecule has 0 unspecified atom stereocenters. The zero-order valence-electron chi connectivity index (χ0n) is 11.3. The zero-order chi connectivity index (χ0) is 16.5. The van der Waals surface area contributed by atoms with E-state index >= 15 is 0 Å². The second kappa shape index (κ2) is 5.86. The predicted molar refractivity (Wildman–Crippen MR) is 77.0 cm³/mol. The van der Waals surface area contributed by atoms with Crippen molar-refractivity contribution in [2.45, 2.75) is 16.9 Å². The summed E-state index contributed by atoms with van der Waals surface area (Å²) in [5, 5.41) is 5.40. The second-order valence-corrected chi connectivity index (χ2v) is 7.35. The van der Waals surface area contributed by atoms with Gasteiger partial charge in [-0.3, -0.25) is 0 Å². The minimum absolute atomic E-state index is 0.0678. The Hall–Kier alpha value is -1.65. The average molecular weight is 351 g/mol. The number of hydrogen-bond acceptors (Lipinski definition) is 5. The number of benzene rings is 1. The van der Waals surface area contributed by atoms with Crippen molar-refractivity contribution in [1.82, 2.24) is 4.98 Å². The third-order valence-corrected chi connectivity index (χ3v) is 5.30. The molecule has 2 rings (SSSR count). The highest BCUT2D eigenvalue weighted by Gasteiger charge is 2.29. The fourth-order valence-corrected chi connectivity index (χ4v) is 3.20. The number of thiazole rings is 1. The summed E-state index contributed by atoms with van der Waals surface area (Å²) in [6, 6.07) is 4.74. The van der Waals surface area contributed by atoms with Gasteiger partial charge in [0.15, 0.2) is 9.34 Å². The summed E-state index contributed by atoms with van der Waals surface area (Å²) in [5.74, 6) is 0. The summed E-state index contributed by atoms with van der Waals surface area (Å²) in [6.07, 6.45) is -3.22. The molecule has 0 spiro atoms. The number of halogens is 3. The van der Waals surface area contributed by atoms with E-state index in [0.717, 1.165) is 29.7 Å². The van der Waals surface area contributed by atoms with Gasteiger partial charge in [-0.25, -0.2) is 18.5 Å². The van der Waals surface area contributed by atoms with Crippen molar-refractivity contribution in [3.8, 4) is 0 Å². The van der Waals surface area contributed by atoms with E-state index in [1.165, 1.54) is 12.1 Å². The van der Waals surface area contributed by atoms with E-state index in [-0.39, 0.29) is 10.8 Å². The number of nitrogens with two attached hydrogens (primary N) is 1. The van der Waals surface area contributed by atoms with Crippen molar-refractivity contribution in [2.75, 3.05) is 11.9 Å². The first-order valence-corrected chi connectivity index (χ1v) is 8.29. The van der Waals surface area contributed by atoms with Crippen molar-refractivity contribution in [1.29, 1.82) is 0 Å². The van der Waals surface area contributed by atoms with Gasteiger partial charge in [-0.15, -0.1) is 0 Å². The number of aromatic nitrogens is 1. The van der Waals surface area contributed by atoms with E-state index in [4.69, 9.17) is 5.14 Å². The summed E-state index contributed by atoms with van der Waals surface area (Å²) in [7, 11) is -2.15. The molecule has 2 aromatic rings. The van der Waals surface area contributed by atoms with Crippen molar-refractivity contribution < 1.29 is 21.6 Å². The lowest BCUT2D eigenvalue weighted by Crippen LogP contribution is -2.16. The third kappa shape index (κ3) is 3.96. The summed E-state index contributed by atoms with van der Waals surface area (Å²) in [4.78, 5) is 5.57. The molecule has 0 fully saturated rings. The molecule has 0 radical (unpaired) electrons. The Bertz CT molecular complexity index is 755. The Labute approximate surface area is 129 Å². The maximum atomic E-state index is 12.5. The van der Waals surface area contributed by atoms with Crippen molar-refractivity contribution in [3.63, 3.8) is 0 Å². The van der Waals surface area contributed by atoms with Gasteiger partial charge in [0.2, 0.25) is 10.0 Å². The van der Waals surface area contributed by atoms with Crippen LogP contribution in [0.5, 0.6) is 0 Å². The molecule has 1 heterocycles. The van der Waals surface area contributed by atoms with Gasteiger partial charge in [-0.2, -0.15) is 13.2 Å². The van der Waals surface area contributed by atoms with Crippen LogP contribution in [0.1, 0.15) is 11.1 Å². The van der Waals surface area contributed by atoms with Crippen LogP contribution in [0.25, 0.3) is 0 Å². The first kappa shape index (κ1) is 16.7. The zero-order valence-corrected chi connectivity index (χ0v) is 13.0. The summed E-state index contributed by atoms with van der Waals surface area (Å²) in [6.45, 7) is 0.287. The van der Waals surface area contributed by atoms with Crippen LogP contribution in [0, 0.1) is 0 Å². The molecule has 22 heavy (non-hydrogen) atoms. The lowest BCUT2D eigenvalue weighted by molar-refractivity contribution is -0.137. The van der Waals surface area contributed by atoms with Crippen LogP contribution in [-0.4, -0.2) is 20.4 Å². The molecule has 1 aromatic carbocycles. The molecule has 0 atom stereocenters. The van der Waals surface area contributed by atoms with E-state index < -0.39 is 21.8 Å². The first-order chi connectivity index (χ1) is 10.1. The number of alkyl halides is 3. The van der Waals surface area contributed by atoms with Crippen molar-refractivity contribution in [3.05, 3.63) is 41.6 Å². The van der Waals surface area contributed by atoms with Gasteiger partial charge >= 0.3 is 6.18 Å². The predicted octanol–water partition coefficient (Wildman–Crippen LogP) is 2.45. The Kier molecular flexibility index (Phi) is 4.45. The van der Waals surface area contributed by atoms with Crippen LogP contribution in [0.4, 0.5) is 18.3 Å². The normalized spacial score (nSPS) is 12.4. The molecule has 0 aliphatic rings. The van der Waals surface area contributed by atoms with Crippen LogP contribution in [0.3, 0.4) is 0 Å². The highest BCUT2D eigenvalue weighted by atomic mass is 32.2. The van der Waals surface area contributed by atoms with Gasteiger partial charge in [0.25, 0.3) is 0 Å². The Balaban J connectivity index is 2.12. The topological polar surface area (TPSA) is 76.3 Å². The maximum Gasteiger partial charge on any atom is 0.416 e. The molecule has 0 amide bonds. The highest BCUT2D eigenvalue weighted by Crippen LogP contribution is 2.30. The first-order valence-electron chi connectivity index (χ1n) is 5.93. The minimum atomic E-state index is -4.37. The molecule has 5 nitrogen and oxygen atoms in total. The number of nitrogens with zero attached hydrogens (tertiary/aromatic N) is 2. The Morgan fingerprint density at radius 2 is 1.86 bits per heavy atom. The molecule has 1 aromatic heterocycles. The summed E-state index contributed by atoms with van der Waals surface area (Å²) >= 11 is 0.896. The van der Waals surface area contributed by atoms with E-state index in [0.29, 0.717) is 10.7 Å². The third-order valence-electron chi connectivity index (χ3n) is 2.78. The quantitative estimate of drug-likeness (QED) is 0.918. The Morgan fingerprint density at radius 1 is 1.27 bits per heavy atom. The number of primary sulfonamides is 1. The van der Waals surface area contributed by atoms with Gasteiger partial charge < -0.3 is 4.90 Å². The van der Waals surface area contributed by atoms with E-state index in [2.05, 4.69) is 4.98 Å². The molecule has 0 bridgehead atoms. The fraction of sp³-hybridized carbons (Fsp3) is 0.250. The highest BCUT2D eigenvalue weighted by molar-refractivity contribution is 7.91.